The van der Waals surface area contributed by atoms with Crippen molar-refractivity contribution < 1.29 is 19.4 Å². The number of rotatable bonds is 7. The Bertz CT molecular complexity index is 734. The van der Waals surface area contributed by atoms with Gasteiger partial charge in [0.2, 0.25) is 5.91 Å². The number of benzene rings is 1. The first-order valence-corrected chi connectivity index (χ1v) is 10.9. The number of hydrogen-bond acceptors (Lipinski definition) is 4. The number of aliphatic hydroxyl groups is 1. The van der Waals surface area contributed by atoms with E-state index in [1.165, 1.54) is 6.42 Å². The van der Waals surface area contributed by atoms with Crippen LogP contribution in [0.3, 0.4) is 0 Å². The lowest BCUT2D eigenvalue weighted by Crippen LogP contribution is -2.53. The topological polar surface area (TPSA) is 99.7 Å². The summed E-state index contributed by atoms with van der Waals surface area (Å²) < 4.78 is 5.82. The van der Waals surface area contributed by atoms with Crippen molar-refractivity contribution in [1.82, 2.24) is 16.0 Å². The zero-order valence-corrected chi connectivity index (χ0v) is 17.7. The van der Waals surface area contributed by atoms with E-state index in [9.17, 15) is 14.7 Å². The summed E-state index contributed by atoms with van der Waals surface area (Å²) in [6, 6.07) is 6.78. The van der Waals surface area contributed by atoms with Crippen molar-refractivity contribution in [2.45, 2.75) is 69.4 Å². The number of nitrogens with one attached hydrogen (secondary N) is 3. The van der Waals surface area contributed by atoms with Crippen LogP contribution in [0, 0.1) is 0 Å². The summed E-state index contributed by atoms with van der Waals surface area (Å²) in [5.74, 6) is -0.155. The van der Waals surface area contributed by atoms with E-state index in [0.29, 0.717) is 11.6 Å². The van der Waals surface area contributed by atoms with Crippen molar-refractivity contribution in [2.75, 3.05) is 6.61 Å². The van der Waals surface area contributed by atoms with Crippen LogP contribution in [-0.2, 0) is 16.1 Å². The average molecular weight is 436 g/mol. The normalized spacial score (nSPS) is 24.3. The first-order valence-electron chi connectivity index (χ1n) is 10.6. The van der Waals surface area contributed by atoms with E-state index in [2.05, 4.69) is 16.0 Å². The van der Waals surface area contributed by atoms with Crippen LogP contribution < -0.4 is 16.0 Å². The van der Waals surface area contributed by atoms with Gasteiger partial charge in [0.25, 0.3) is 0 Å². The molecular formula is C22H30ClN3O4. The molecule has 3 rings (SSSR count). The summed E-state index contributed by atoms with van der Waals surface area (Å²) in [5, 5.41) is 19.0. The minimum atomic E-state index is -0.596. The molecular weight excluding hydrogens is 406 g/mol. The Hall–Kier alpha value is -2.09. The van der Waals surface area contributed by atoms with E-state index in [1.807, 2.05) is 12.1 Å². The molecule has 7 nitrogen and oxygen atoms in total. The minimum absolute atomic E-state index is 0.140. The molecule has 2 aliphatic rings. The van der Waals surface area contributed by atoms with E-state index in [1.54, 1.807) is 24.3 Å². The average Bonchev–Trinajstić information content (AvgIpc) is 2.75. The van der Waals surface area contributed by atoms with Gasteiger partial charge in [0.05, 0.1) is 25.2 Å². The zero-order valence-electron chi connectivity index (χ0n) is 17.0. The molecule has 0 aromatic heterocycles. The van der Waals surface area contributed by atoms with Gasteiger partial charge in [-0.2, -0.15) is 0 Å². The molecule has 1 aromatic rings. The lowest BCUT2D eigenvalue weighted by atomic mass is 9.96. The zero-order chi connectivity index (χ0) is 21.3. The van der Waals surface area contributed by atoms with Gasteiger partial charge in [-0.05, 0) is 30.5 Å². The Balaban J connectivity index is 1.44. The summed E-state index contributed by atoms with van der Waals surface area (Å²) in [6.07, 6.45) is 8.15. The molecule has 1 saturated carbocycles. The Labute approximate surface area is 182 Å². The lowest BCUT2D eigenvalue weighted by molar-refractivity contribution is -0.125. The summed E-state index contributed by atoms with van der Waals surface area (Å²) in [4.78, 5) is 24.5. The van der Waals surface area contributed by atoms with E-state index >= 15 is 0 Å². The largest absolute Gasteiger partial charge is 0.394 e. The lowest BCUT2D eigenvalue weighted by Gasteiger charge is -2.32. The second kappa shape index (κ2) is 11.3. The van der Waals surface area contributed by atoms with Gasteiger partial charge in [0, 0.05) is 17.6 Å². The molecule has 30 heavy (non-hydrogen) atoms. The maximum Gasteiger partial charge on any atom is 0.315 e. The molecule has 4 N–H and O–H groups in total. The number of hydrogen-bond donors (Lipinski definition) is 4. The highest BCUT2D eigenvalue weighted by Gasteiger charge is 2.29. The van der Waals surface area contributed by atoms with E-state index in [-0.39, 0.29) is 31.0 Å². The van der Waals surface area contributed by atoms with Crippen molar-refractivity contribution in [1.29, 1.82) is 0 Å². The van der Waals surface area contributed by atoms with Crippen LogP contribution in [0.2, 0.25) is 5.02 Å². The molecule has 1 aliphatic heterocycles. The SMILES string of the molecule is O=C(C[C@H]1C=C[C@H](NC(=O)NC2CCCCC2)[C@H](CO)O1)NCc1ccc(Cl)cc1. The number of aliphatic hydroxyl groups excluding tert-OH is 1. The third kappa shape index (κ3) is 7.00. The van der Waals surface area contributed by atoms with Gasteiger partial charge < -0.3 is 25.8 Å². The molecule has 0 saturated heterocycles. The van der Waals surface area contributed by atoms with Crippen molar-refractivity contribution in [3.63, 3.8) is 0 Å². The maximum atomic E-state index is 12.3. The van der Waals surface area contributed by atoms with Gasteiger partial charge in [-0.15, -0.1) is 0 Å². The van der Waals surface area contributed by atoms with E-state index < -0.39 is 18.2 Å². The molecule has 0 radical (unpaired) electrons. The quantitative estimate of drug-likeness (QED) is 0.495. The highest BCUT2D eigenvalue weighted by Crippen LogP contribution is 2.18. The number of carbonyl (C=O) groups excluding carboxylic acids is 2. The molecule has 1 fully saturated rings. The van der Waals surface area contributed by atoms with Crippen molar-refractivity contribution in [2.24, 2.45) is 0 Å². The third-order valence-electron chi connectivity index (χ3n) is 5.49. The molecule has 0 spiro atoms. The molecule has 3 amide bonds. The van der Waals surface area contributed by atoms with Gasteiger partial charge in [-0.3, -0.25) is 4.79 Å². The fourth-order valence-electron chi connectivity index (χ4n) is 3.82. The Kier molecular flexibility index (Phi) is 8.54. The Morgan fingerprint density at radius 1 is 1.07 bits per heavy atom. The summed E-state index contributed by atoms with van der Waals surface area (Å²) in [5.41, 5.74) is 0.953. The number of amides is 3. The second-order valence-electron chi connectivity index (χ2n) is 7.87. The van der Waals surface area contributed by atoms with Crippen molar-refractivity contribution >= 4 is 23.5 Å². The minimum Gasteiger partial charge on any atom is -0.394 e. The van der Waals surface area contributed by atoms with Gasteiger partial charge in [-0.25, -0.2) is 4.79 Å². The molecule has 0 unspecified atom stereocenters. The molecule has 1 aromatic carbocycles. The fourth-order valence-corrected chi connectivity index (χ4v) is 3.95. The molecule has 1 aliphatic carbocycles. The molecule has 1 heterocycles. The van der Waals surface area contributed by atoms with Crippen LogP contribution in [0.1, 0.15) is 44.1 Å². The van der Waals surface area contributed by atoms with Crippen LogP contribution in [0.5, 0.6) is 0 Å². The highest BCUT2D eigenvalue weighted by atomic mass is 35.5. The first-order chi connectivity index (χ1) is 14.5. The molecule has 164 valence electrons. The Morgan fingerprint density at radius 3 is 2.50 bits per heavy atom. The van der Waals surface area contributed by atoms with Gasteiger partial charge in [0.1, 0.15) is 6.10 Å². The Morgan fingerprint density at radius 2 is 1.80 bits per heavy atom. The van der Waals surface area contributed by atoms with E-state index in [0.717, 1.165) is 31.2 Å². The highest BCUT2D eigenvalue weighted by molar-refractivity contribution is 6.30. The number of urea groups is 1. The second-order valence-corrected chi connectivity index (χ2v) is 8.30. The van der Waals surface area contributed by atoms with Crippen molar-refractivity contribution in [3.05, 3.63) is 47.0 Å². The van der Waals surface area contributed by atoms with Crippen LogP contribution in [-0.4, -0.2) is 47.9 Å². The summed E-state index contributed by atoms with van der Waals surface area (Å²) in [7, 11) is 0. The van der Waals surface area contributed by atoms with Crippen LogP contribution in [0.25, 0.3) is 0 Å². The first kappa shape index (κ1) is 22.6. The van der Waals surface area contributed by atoms with E-state index in [4.69, 9.17) is 16.3 Å². The van der Waals surface area contributed by atoms with Crippen molar-refractivity contribution in [3.8, 4) is 0 Å². The standard InChI is InChI=1S/C22H30ClN3O4/c23-16-8-6-15(7-9-16)13-24-21(28)12-18-10-11-19(20(14-27)30-18)26-22(29)25-17-4-2-1-3-5-17/h6-11,17-20,27H,1-5,12-14H2,(H,24,28)(H2,25,26,29)/t18-,19+,20+/m1/s1. The van der Waals surface area contributed by atoms with Crippen LogP contribution >= 0.6 is 11.6 Å². The third-order valence-corrected chi connectivity index (χ3v) is 5.74. The van der Waals surface area contributed by atoms with Crippen LogP contribution in [0.4, 0.5) is 4.79 Å². The number of halogens is 1. The maximum absolute atomic E-state index is 12.3. The summed E-state index contributed by atoms with van der Waals surface area (Å²) >= 11 is 5.86. The van der Waals surface area contributed by atoms with Gasteiger partial charge in [0.15, 0.2) is 0 Å². The van der Waals surface area contributed by atoms with Gasteiger partial charge >= 0.3 is 6.03 Å². The van der Waals surface area contributed by atoms with Crippen LogP contribution in [0.15, 0.2) is 36.4 Å². The monoisotopic (exact) mass is 435 g/mol. The smallest absolute Gasteiger partial charge is 0.315 e. The molecule has 8 heteroatoms. The predicted molar refractivity (Wildman–Crippen MR) is 115 cm³/mol. The molecule has 0 bridgehead atoms. The fraction of sp³-hybridized carbons (Fsp3) is 0.545. The predicted octanol–water partition coefficient (Wildman–Crippen LogP) is 2.66. The number of ether oxygens (including phenoxy) is 1. The van der Waals surface area contributed by atoms with Gasteiger partial charge in [-0.1, -0.05) is 55.1 Å². The molecule has 3 atom stereocenters. The summed E-state index contributed by atoms with van der Waals surface area (Å²) in [6.45, 7) is 0.156. The number of carbonyl (C=O) groups is 2.